The van der Waals surface area contributed by atoms with Gasteiger partial charge in [-0.15, -0.1) is 11.3 Å². The van der Waals surface area contributed by atoms with Crippen LogP contribution in [0.25, 0.3) is 10.2 Å². The van der Waals surface area contributed by atoms with Crippen molar-refractivity contribution < 1.29 is 19.1 Å². The summed E-state index contributed by atoms with van der Waals surface area (Å²) < 4.78 is 11.0. The highest BCUT2D eigenvalue weighted by atomic mass is 32.1. The van der Waals surface area contributed by atoms with Crippen LogP contribution in [0.15, 0.2) is 64.2 Å². The lowest BCUT2D eigenvalue weighted by Gasteiger charge is -2.14. The summed E-state index contributed by atoms with van der Waals surface area (Å²) in [4.78, 5) is 53.7. The van der Waals surface area contributed by atoms with Crippen molar-refractivity contribution in [3.63, 3.8) is 0 Å². The minimum absolute atomic E-state index is 0.249. The molecule has 1 atom stereocenters. The Labute approximate surface area is 203 Å². The number of aromatic nitrogens is 2. The van der Waals surface area contributed by atoms with Crippen LogP contribution in [0, 0.1) is 0 Å². The Morgan fingerprint density at radius 2 is 1.83 bits per heavy atom. The number of hydrogen-bond donors (Lipinski definition) is 2. The number of nitrogens with zero attached hydrogens (tertiary/aromatic N) is 1. The SMILES string of the molecule is COC(=O)c1ccc(C(C)n2c(=O)[nH]c3sc(C(=O)NCc4cccc(OC)c4)cc3c2=O)cc1. The molecule has 4 rings (SSSR count). The van der Waals surface area contributed by atoms with Crippen LogP contribution in [0.5, 0.6) is 5.75 Å². The Morgan fingerprint density at radius 3 is 2.51 bits per heavy atom. The monoisotopic (exact) mass is 493 g/mol. The summed E-state index contributed by atoms with van der Waals surface area (Å²) in [6.45, 7) is 1.99. The number of carbonyl (C=O) groups is 2. The maximum absolute atomic E-state index is 13.2. The summed E-state index contributed by atoms with van der Waals surface area (Å²) >= 11 is 1.04. The van der Waals surface area contributed by atoms with E-state index in [1.165, 1.54) is 13.2 Å². The summed E-state index contributed by atoms with van der Waals surface area (Å²) in [5, 5.41) is 3.07. The predicted molar refractivity (Wildman–Crippen MR) is 132 cm³/mol. The molecule has 4 aromatic rings. The molecule has 0 aliphatic rings. The lowest BCUT2D eigenvalue weighted by atomic mass is 10.1. The van der Waals surface area contributed by atoms with Gasteiger partial charge in [0, 0.05) is 6.54 Å². The average molecular weight is 494 g/mol. The van der Waals surface area contributed by atoms with Gasteiger partial charge >= 0.3 is 11.7 Å². The van der Waals surface area contributed by atoms with Crippen molar-refractivity contribution in [2.45, 2.75) is 19.5 Å². The molecule has 35 heavy (non-hydrogen) atoms. The first kappa shape index (κ1) is 24.0. The number of carbonyl (C=O) groups excluding carboxylic acids is 2. The van der Waals surface area contributed by atoms with E-state index in [1.54, 1.807) is 38.3 Å². The predicted octanol–water partition coefficient (Wildman–Crippen LogP) is 3.09. The second-order valence-electron chi connectivity index (χ2n) is 7.78. The fourth-order valence-electron chi connectivity index (χ4n) is 3.70. The van der Waals surface area contributed by atoms with E-state index in [4.69, 9.17) is 9.47 Å². The minimum atomic E-state index is -0.604. The molecule has 0 saturated heterocycles. The van der Waals surface area contributed by atoms with Gasteiger partial charge in [-0.3, -0.25) is 19.1 Å². The molecule has 0 spiro atoms. The van der Waals surface area contributed by atoms with Crippen molar-refractivity contribution in [1.29, 1.82) is 0 Å². The smallest absolute Gasteiger partial charge is 0.337 e. The quantitative estimate of drug-likeness (QED) is 0.382. The molecule has 0 radical (unpaired) electrons. The van der Waals surface area contributed by atoms with Crippen LogP contribution < -0.4 is 21.3 Å². The van der Waals surface area contributed by atoms with Gasteiger partial charge in [0.15, 0.2) is 0 Å². The number of ether oxygens (including phenoxy) is 2. The van der Waals surface area contributed by atoms with Gasteiger partial charge in [-0.05, 0) is 48.4 Å². The summed E-state index contributed by atoms with van der Waals surface area (Å²) in [6, 6.07) is 14.7. The molecular formula is C25H23N3O6S. The van der Waals surface area contributed by atoms with Gasteiger partial charge in [0.05, 0.1) is 36.1 Å². The maximum Gasteiger partial charge on any atom is 0.337 e. The molecule has 0 fully saturated rings. The number of nitrogens with one attached hydrogen (secondary N) is 2. The third-order valence-corrected chi connectivity index (χ3v) is 6.68. The van der Waals surface area contributed by atoms with E-state index in [2.05, 4.69) is 10.3 Å². The molecule has 2 aromatic heterocycles. The van der Waals surface area contributed by atoms with Crippen molar-refractivity contribution in [3.05, 3.63) is 97.0 Å². The zero-order valence-corrected chi connectivity index (χ0v) is 20.1. The zero-order valence-electron chi connectivity index (χ0n) is 19.3. The van der Waals surface area contributed by atoms with Crippen molar-refractivity contribution in [2.75, 3.05) is 14.2 Å². The van der Waals surface area contributed by atoms with Crippen LogP contribution in [-0.4, -0.2) is 35.6 Å². The fourth-order valence-corrected chi connectivity index (χ4v) is 4.66. The Bertz CT molecular complexity index is 1520. The van der Waals surface area contributed by atoms with Gasteiger partial charge in [-0.25, -0.2) is 9.59 Å². The first-order chi connectivity index (χ1) is 16.8. The van der Waals surface area contributed by atoms with Gasteiger partial charge in [-0.1, -0.05) is 24.3 Å². The number of rotatable bonds is 7. The van der Waals surface area contributed by atoms with Crippen LogP contribution in [0.2, 0.25) is 0 Å². The Balaban J connectivity index is 1.60. The number of benzene rings is 2. The number of fused-ring (bicyclic) bond motifs is 1. The lowest BCUT2D eigenvalue weighted by Crippen LogP contribution is -2.37. The molecule has 180 valence electrons. The highest BCUT2D eigenvalue weighted by Gasteiger charge is 2.19. The number of aromatic amines is 1. The molecule has 0 bridgehead atoms. The van der Waals surface area contributed by atoms with Crippen LogP contribution in [-0.2, 0) is 11.3 Å². The molecular weight excluding hydrogens is 470 g/mol. The Morgan fingerprint density at radius 1 is 1.09 bits per heavy atom. The molecule has 9 nitrogen and oxygen atoms in total. The Kier molecular flexibility index (Phi) is 6.83. The van der Waals surface area contributed by atoms with E-state index in [1.807, 2.05) is 24.3 Å². The third-order valence-electron chi connectivity index (χ3n) is 5.63. The number of methoxy groups -OCH3 is 2. The topological polar surface area (TPSA) is 119 Å². The largest absolute Gasteiger partial charge is 0.497 e. The van der Waals surface area contributed by atoms with Gasteiger partial charge in [0.2, 0.25) is 0 Å². The number of hydrogen-bond acceptors (Lipinski definition) is 7. The maximum atomic E-state index is 13.2. The summed E-state index contributed by atoms with van der Waals surface area (Å²) in [5.41, 5.74) is 0.800. The van der Waals surface area contributed by atoms with E-state index in [9.17, 15) is 19.2 Å². The van der Waals surface area contributed by atoms with Crippen LogP contribution in [0.3, 0.4) is 0 Å². The molecule has 0 aliphatic heterocycles. The van der Waals surface area contributed by atoms with E-state index in [0.29, 0.717) is 26.6 Å². The summed E-state index contributed by atoms with van der Waals surface area (Å²) in [5.74, 6) is -0.144. The number of thiophene rings is 1. The van der Waals surface area contributed by atoms with Crippen LogP contribution >= 0.6 is 11.3 Å². The average Bonchev–Trinajstić information content (AvgIpc) is 3.31. The highest BCUT2D eigenvalue weighted by Crippen LogP contribution is 2.22. The van der Waals surface area contributed by atoms with Crippen molar-refractivity contribution in [1.82, 2.24) is 14.9 Å². The van der Waals surface area contributed by atoms with Gasteiger partial charge in [0.25, 0.3) is 11.5 Å². The molecule has 2 aromatic carbocycles. The third kappa shape index (κ3) is 4.87. The molecule has 0 saturated carbocycles. The van der Waals surface area contributed by atoms with Crippen molar-refractivity contribution >= 4 is 33.4 Å². The number of esters is 1. The zero-order chi connectivity index (χ0) is 25.1. The normalized spacial score (nSPS) is 11.7. The molecule has 1 amide bonds. The second kappa shape index (κ2) is 9.98. The Hall–Kier alpha value is -4.18. The fraction of sp³-hybridized carbons (Fsp3) is 0.200. The molecule has 2 heterocycles. The van der Waals surface area contributed by atoms with Crippen molar-refractivity contribution in [3.8, 4) is 5.75 Å². The molecule has 0 aliphatic carbocycles. The standard InChI is InChI=1S/C25H23N3O6S/c1-14(16-7-9-17(10-8-16)24(31)34-3)28-23(30)19-12-20(35-22(19)27-25(28)32)21(29)26-13-15-5-4-6-18(11-15)33-2/h4-12,14H,13H2,1-3H3,(H,26,29)(H,27,32). The van der Waals surface area contributed by atoms with Crippen LogP contribution in [0.1, 0.15) is 44.1 Å². The first-order valence-electron chi connectivity index (χ1n) is 10.7. The van der Waals surface area contributed by atoms with E-state index in [0.717, 1.165) is 21.5 Å². The van der Waals surface area contributed by atoms with E-state index < -0.39 is 23.3 Å². The van der Waals surface area contributed by atoms with Crippen LogP contribution in [0.4, 0.5) is 0 Å². The van der Waals surface area contributed by atoms with E-state index in [-0.39, 0.29) is 17.8 Å². The summed E-state index contributed by atoms with van der Waals surface area (Å²) in [7, 11) is 2.86. The lowest BCUT2D eigenvalue weighted by molar-refractivity contribution is 0.0600. The molecule has 1 unspecified atom stereocenters. The second-order valence-corrected chi connectivity index (χ2v) is 8.83. The summed E-state index contributed by atoms with van der Waals surface area (Å²) in [6.07, 6.45) is 0. The molecule has 10 heteroatoms. The number of H-pyrrole nitrogens is 1. The van der Waals surface area contributed by atoms with Crippen molar-refractivity contribution in [2.24, 2.45) is 0 Å². The minimum Gasteiger partial charge on any atom is -0.497 e. The van der Waals surface area contributed by atoms with E-state index >= 15 is 0 Å². The van der Waals surface area contributed by atoms with Gasteiger partial charge < -0.3 is 14.8 Å². The number of amides is 1. The molecule has 2 N–H and O–H groups in total. The first-order valence-corrected chi connectivity index (χ1v) is 11.5. The highest BCUT2D eigenvalue weighted by molar-refractivity contribution is 7.20. The van der Waals surface area contributed by atoms with Gasteiger partial charge in [0.1, 0.15) is 10.6 Å². The van der Waals surface area contributed by atoms with Gasteiger partial charge in [-0.2, -0.15) is 0 Å².